The van der Waals surface area contributed by atoms with Crippen LogP contribution in [0.1, 0.15) is 30.6 Å². The third-order valence-corrected chi connectivity index (χ3v) is 5.46. The summed E-state index contributed by atoms with van der Waals surface area (Å²) >= 11 is 6.13. The average Bonchev–Trinajstić information content (AvgIpc) is 2.83. The van der Waals surface area contributed by atoms with Gasteiger partial charge in [-0.05, 0) is 42.8 Å². The predicted molar refractivity (Wildman–Crippen MR) is 118 cm³/mol. The lowest BCUT2D eigenvalue weighted by Gasteiger charge is -2.23. The van der Waals surface area contributed by atoms with Crippen LogP contribution in [0.15, 0.2) is 60.9 Å². The second kappa shape index (κ2) is 7.88. The second-order valence-corrected chi connectivity index (χ2v) is 8.30. The number of anilines is 2. The SMILES string of the molecule is CC1(C)CCN(C(=O)Nc2cccnc2)c2nc(-c3cccc(Cl)c3)ccc2C1=O. The number of aromatic nitrogens is 2. The predicted octanol–water partition coefficient (Wildman–Crippen LogP) is 5.45. The van der Waals surface area contributed by atoms with Gasteiger partial charge in [-0.15, -0.1) is 0 Å². The Bertz CT molecular complexity index is 1120. The van der Waals surface area contributed by atoms with E-state index in [1.54, 1.807) is 48.8 Å². The van der Waals surface area contributed by atoms with Gasteiger partial charge < -0.3 is 5.32 Å². The van der Waals surface area contributed by atoms with Crippen LogP contribution in [0.5, 0.6) is 0 Å². The molecule has 0 saturated carbocycles. The van der Waals surface area contributed by atoms with Crippen molar-refractivity contribution in [2.24, 2.45) is 5.41 Å². The highest BCUT2D eigenvalue weighted by molar-refractivity contribution is 6.30. The molecule has 0 spiro atoms. The van der Waals surface area contributed by atoms with E-state index < -0.39 is 5.41 Å². The molecule has 152 valence electrons. The summed E-state index contributed by atoms with van der Waals surface area (Å²) in [6.45, 7) is 4.16. The van der Waals surface area contributed by atoms with Gasteiger partial charge in [-0.3, -0.25) is 14.7 Å². The molecule has 30 heavy (non-hydrogen) atoms. The maximum atomic E-state index is 13.2. The van der Waals surface area contributed by atoms with Crippen molar-refractivity contribution >= 4 is 34.9 Å². The summed E-state index contributed by atoms with van der Waals surface area (Å²) in [7, 11) is 0. The molecule has 2 aromatic heterocycles. The Morgan fingerprint density at radius 2 is 2.00 bits per heavy atom. The van der Waals surface area contributed by atoms with Crippen molar-refractivity contribution in [2.45, 2.75) is 20.3 Å². The van der Waals surface area contributed by atoms with Crippen molar-refractivity contribution in [1.29, 1.82) is 0 Å². The van der Waals surface area contributed by atoms with Crippen LogP contribution in [0.4, 0.5) is 16.3 Å². The van der Waals surface area contributed by atoms with Crippen LogP contribution in [-0.2, 0) is 0 Å². The molecule has 1 aliphatic rings. The van der Waals surface area contributed by atoms with Gasteiger partial charge in [-0.2, -0.15) is 0 Å². The van der Waals surface area contributed by atoms with Crippen molar-refractivity contribution in [2.75, 3.05) is 16.8 Å². The van der Waals surface area contributed by atoms with E-state index in [1.165, 1.54) is 4.90 Å². The Hall–Kier alpha value is -3.25. The van der Waals surface area contributed by atoms with E-state index in [4.69, 9.17) is 16.6 Å². The van der Waals surface area contributed by atoms with E-state index in [0.717, 1.165) is 5.56 Å². The zero-order valence-corrected chi connectivity index (χ0v) is 17.5. The number of ketones is 1. The summed E-state index contributed by atoms with van der Waals surface area (Å²) in [5.74, 6) is 0.323. The van der Waals surface area contributed by atoms with E-state index in [-0.39, 0.29) is 11.8 Å². The summed E-state index contributed by atoms with van der Waals surface area (Å²) in [5.41, 5.74) is 1.86. The standard InChI is InChI=1S/C23H21ClN4O2/c1-23(2)10-12-28(22(30)26-17-7-4-11-25-14-17)21-18(20(23)29)8-9-19(27-21)15-5-3-6-16(24)13-15/h3-9,11,13-14H,10,12H2,1-2H3,(H,26,30). The summed E-state index contributed by atoms with van der Waals surface area (Å²) in [4.78, 5) is 36.5. The molecule has 4 rings (SSSR count). The summed E-state index contributed by atoms with van der Waals surface area (Å²) in [5, 5.41) is 3.43. The highest BCUT2D eigenvalue weighted by atomic mass is 35.5. The number of carbonyl (C=O) groups is 2. The first-order valence-corrected chi connectivity index (χ1v) is 10.0. The number of urea groups is 1. The Morgan fingerprint density at radius 1 is 1.17 bits per heavy atom. The molecule has 0 atom stereocenters. The fourth-order valence-electron chi connectivity index (χ4n) is 3.44. The molecule has 0 fully saturated rings. The van der Waals surface area contributed by atoms with Gasteiger partial charge in [-0.25, -0.2) is 9.78 Å². The van der Waals surface area contributed by atoms with Crippen LogP contribution < -0.4 is 10.2 Å². The number of nitrogens with zero attached hydrogens (tertiary/aromatic N) is 3. The molecule has 0 radical (unpaired) electrons. The van der Waals surface area contributed by atoms with Crippen LogP contribution in [0.3, 0.4) is 0 Å². The molecule has 3 heterocycles. The van der Waals surface area contributed by atoms with Crippen LogP contribution in [-0.4, -0.2) is 28.3 Å². The Kier molecular flexibility index (Phi) is 5.26. The maximum Gasteiger partial charge on any atom is 0.327 e. The number of rotatable bonds is 2. The van der Waals surface area contributed by atoms with Crippen LogP contribution in [0.25, 0.3) is 11.3 Å². The summed E-state index contributed by atoms with van der Waals surface area (Å²) in [6, 6.07) is 14.0. The monoisotopic (exact) mass is 420 g/mol. The molecule has 1 N–H and O–H groups in total. The molecule has 0 unspecified atom stereocenters. The van der Waals surface area contributed by atoms with Gasteiger partial charge in [0.2, 0.25) is 0 Å². The number of benzene rings is 1. The van der Waals surface area contributed by atoms with Crippen LogP contribution in [0.2, 0.25) is 5.02 Å². The van der Waals surface area contributed by atoms with Gasteiger partial charge in [-0.1, -0.05) is 37.6 Å². The van der Waals surface area contributed by atoms with Gasteiger partial charge in [0.1, 0.15) is 5.82 Å². The van der Waals surface area contributed by atoms with Gasteiger partial charge in [0.15, 0.2) is 5.78 Å². The van der Waals surface area contributed by atoms with Crippen LogP contribution >= 0.6 is 11.6 Å². The Balaban J connectivity index is 1.79. The van der Waals surface area contributed by atoms with E-state index in [9.17, 15) is 9.59 Å². The third kappa shape index (κ3) is 3.91. The number of pyridine rings is 2. The number of nitrogens with one attached hydrogen (secondary N) is 1. The molecule has 1 aromatic carbocycles. The largest absolute Gasteiger partial charge is 0.327 e. The Labute approximate surface area is 179 Å². The molecular weight excluding hydrogens is 400 g/mol. The maximum absolute atomic E-state index is 13.2. The number of halogens is 1. The molecule has 0 saturated heterocycles. The topological polar surface area (TPSA) is 75.2 Å². The zero-order valence-electron chi connectivity index (χ0n) is 16.7. The molecule has 2 amide bonds. The summed E-state index contributed by atoms with van der Waals surface area (Å²) in [6.07, 6.45) is 3.73. The number of amides is 2. The average molecular weight is 421 g/mol. The fraction of sp³-hybridized carbons (Fsp3) is 0.217. The lowest BCUT2D eigenvalue weighted by Crippen LogP contribution is -2.37. The Morgan fingerprint density at radius 3 is 2.73 bits per heavy atom. The first-order chi connectivity index (χ1) is 14.3. The third-order valence-electron chi connectivity index (χ3n) is 5.23. The van der Waals surface area contributed by atoms with Crippen LogP contribution in [0, 0.1) is 5.41 Å². The van der Waals surface area contributed by atoms with Crippen molar-refractivity contribution in [3.8, 4) is 11.3 Å². The van der Waals surface area contributed by atoms with Crippen molar-refractivity contribution in [3.63, 3.8) is 0 Å². The van der Waals surface area contributed by atoms with E-state index in [0.29, 0.717) is 40.8 Å². The number of fused-ring (bicyclic) bond motifs is 1. The van der Waals surface area contributed by atoms with E-state index in [1.807, 2.05) is 26.0 Å². The zero-order chi connectivity index (χ0) is 21.3. The first kappa shape index (κ1) is 20.0. The molecule has 7 heteroatoms. The first-order valence-electron chi connectivity index (χ1n) is 9.65. The molecule has 0 aliphatic carbocycles. The van der Waals surface area contributed by atoms with Gasteiger partial charge in [0.25, 0.3) is 0 Å². The minimum atomic E-state index is -0.600. The second-order valence-electron chi connectivity index (χ2n) is 7.86. The minimum absolute atomic E-state index is 0.0284. The molecule has 3 aromatic rings. The van der Waals surface area contributed by atoms with Crippen molar-refractivity contribution < 1.29 is 9.59 Å². The normalized spacial score (nSPS) is 15.3. The van der Waals surface area contributed by atoms with E-state index in [2.05, 4.69) is 10.3 Å². The number of hydrogen-bond donors (Lipinski definition) is 1. The molecule has 6 nitrogen and oxygen atoms in total. The minimum Gasteiger partial charge on any atom is -0.306 e. The van der Waals surface area contributed by atoms with Crippen molar-refractivity contribution in [1.82, 2.24) is 9.97 Å². The number of Topliss-reactive ketones (excluding diaryl/α,β-unsaturated/α-hetero) is 1. The molecule has 0 bridgehead atoms. The lowest BCUT2D eigenvalue weighted by molar-refractivity contribution is 0.0835. The summed E-state index contributed by atoms with van der Waals surface area (Å²) < 4.78 is 0. The lowest BCUT2D eigenvalue weighted by atomic mass is 9.82. The quantitative estimate of drug-likeness (QED) is 0.598. The molecular formula is C23H21ClN4O2. The highest BCUT2D eigenvalue weighted by Crippen LogP contribution is 2.36. The number of carbonyl (C=O) groups excluding carboxylic acids is 2. The highest BCUT2D eigenvalue weighted by Gasteiger charge is 2.37. The smallest absolute Gasteiger partial charge is 0.306 e. The van der Waals surface area contributed by atoms with Crippen molar-refractivity contribution in [3.05, 3.63) is 71.5 Å². The fourth-order valence-corrected chi connectivity index (χ4v) is 3.63. The number of hydrogen-bond acceptors (Lipinski definition) is 4. The van der Waals surface area contributed by atoms with E-state index >= 15 is 0 Å². The van der Waals surface area contributed by atoms with Gasteiger partial charge >= 0.3 is 6.03 Å². The van der Waals surface area contributed by atoms with Gasteiger partial charge in [0.05, 0.1) is 23.1 Å². The van der Waals surface area contributed by atoms with Gasteiger partial charge in [0, 0.05) is 28.7 Å². The molecule has 1 aliphatic heterocycles.